The highest BCUT2D eigenvalue weighted by molar-refractivity contribution is 9.11. The number of rotatable bonds is 4. The smallest absolute Gasteiger partial charge is 0.258 e. The minimum atomic E-state index is -0.0496. The summed E-state index contributed by atoms with van der Waals surface area (Å²) in [5, 5.41) is 3.08. The van der Waals surface area contributed by atoms with E-state index in [0.29, 0.717) is 17.7 Å². The Morgan fingerprint density at radius 3 is 2.60 bits per heavy atom. The largest absolute Gasteiger partial charge is 0.481 e. The summed E-state index contributed by atoms with van der Waals surface area (Å²) in [7, 11) is 0. The van der Waals surface area contributed by atoms with E-state index in [2.05, 4.69) is 44.1 Å². The molecule has 5 heteroatoms. The van der Waals surface area contributed by atoms with Crippen molar-refractivity contribution in [2.45, 2.75) is 38.6 Å². The molecule has 1 aliphatic carbocycles. The van der Waals surface area contributed by atoms with E-state index in [1.54, 1.807) is 0 Å². The van der Waals surface area contributed by atoms with Crippen LogP contribution in [0, 0.1) is 5.92 Å². The number of carbonyl (C=O) groups is 1. The Morgan fingerprint density at radius 2 is 1.95 bits per heavy atom. The Bertz CT molecular complexity index is 459. The number of ether oxygens (including phenoxy) is 1. The summed E-state index contributed by atoms with van der Waals surface area (Å²) in [6, 6.07) is 5.98. The maximum Gasteiger partial charge on any atom is 0.258 e. The first-order chi connectivity index (χ1) is 9.58. The fourth-order valence-electron chi connectivity index (χ4n) is 2.54. The molecule has 0 bridgehead atoms. The topological polar surface area (TPSA) is 38.3 Å². The minimum absolute atomic E-state index is 0.0461. The average molecular weight is 405 g/mol. The van der Waals surface area contributed by atoms with Gasteiger partial charge in [0.2, 0.25) is 0 Å². The Morgan fingerprint density at radius 1 is 1.30 bits per heavy atom. The molecule has 1 aromatic carbocycles. The molecule has 1 saturated carbocycles. The van der Waals surface area contributed by atoms with Crippen molar-refractivity contribution in [3.8, 4) is 5.75 Å². The monoisotopic (exact) mass is 403 g/mol. The van der Waals surface area contributed by atoms with Gasteiger partial charge in [-0.3, -0.25) is 4.79 Å². The molecule has 1 N–H and O–H groups in total. The molecule has 0 saturated heterocycles. The van der Waals surface area contributed by atoms with Crippen LogP contribution in [0.4, 0.5) is 0 Å². The molecule has 1 amide bonds. The van der Waals surface area contributed by atoms with Crippen molar-refractivity contribution in [3.63, 3.8) is 0 Å². The zero-order valence-corrected chi connectivity index (χ0v) is 14.7. The molecular formula is C15H19Br2NO2. The zero-order chi connectivity index (χ0) is 14.5. The average Bonchev–Trinajstić information content (AvgIpc) is 2.41. The standard InChI is InChI=1S/C15H19Br2NO2/c1-10-5-2-3-8-13(10)18-14(19)9-20-15-11(16)6-4-7-12(15)17/h4,6-7,10,13H,2-3,5,8-9H2,1H3,(H,18,19). The maximum absolute atomic E-state index is 12.0. The summed E-state index contributed by atoms with van der Waals surface area (Å²) in [5.74, 6) is 1.17. The molecule has 1 aliphatic rings. The summed E-state index contributed by atoms with van der Waals surface area (Å²) in [4.78, 5) is 12.0. The zero-order valence-electron chi connectivity index (χ0n) is 11.5. The van der Waals surface area contributed by atoms with Crippen LogP contribution in [0.1, 0.15) is 32.6 Å². The van der Waals surface area contributed by atoms with Gasteiger partial charge in [-0.1, -0.05) is 25.8 Å². The molecule has 20 heavy (non-hydrogen) atoms. The quantitative estimate of drug-likeness (QED) is 0.812. The van der Waals surface area contributed by atoms with Crippen LogP contribution in [-0.4, -0.2) is 18.6 Å². The maximum atomic E-state index is 12.0. The van der Waals surface area contributed by atoms with Crippen molar-refractivity contribution in [2.24, 2.45) is 5.92 Å². The highest BCUT2D eigenvalue weighted by Gasteiger charge is 2.23. The third-order valence-electron chi connectivity index (χ3n) is 3.72. The second-order valence-corrected chi connectivity index (χ2v) is 6.98. The van der Waals surface area contributed by atoms with Crippen LogP contribution in [-0.2, 0) is 4.79 Å². The molecular weight excluding hydrogens is 386 g/mol. The van der Waals surface area contributed by atoms with Crippen molar-refractivity contribution >= 4 is 37.8 Å². The van der Waals surface area contributed by atoms with Crippen molar-refractivity contribution in [1.82, 2.24) is 5.32 Å². The van der Waals surface area contributed by atoms with Crippen molar-refractivity contribution in [2.75, 3.05) is 6.61 Å². The van der Waals surface area contributed by atoms with E-state index in [-0.39, 0.29) is 12.5 Å². The van der Waals surface area contributed by atoms with Crippen LogP contribution in [0.2, 0.25) is 0 Å². The summed E-state index contributed by atoms with van der Waals surface area (Å²) in [5.41, 5.74) is 0. The SMILES string of the molecule is CC1CCCCC1NC(=O)COc1c(Br)cccc1Br. The lowest BCUT2D eigenvalue weighted by Crippen LogP contribution is -2.43. The van der Waals surface area contributed by atoms with E-state index in [9.17, 15) is 4.79 Å². The normalized spacial score (nSPS) is 22.4. The van der Waals surface area contributed by atoms with Gasteiger partial charge in [0.25, 0.3) is 5.91 Å². The predicted octanol–water partition coefficient (Wildman–Crippen LogP) is 4.29. The van der Waals surface area contributed by atoms with Gasteiger partial charge in [-0.25, -0.2) is 0 Å². The summed E-state index contributed by atoms with van der Waals surface area (Å²) in [6.07, 6.45) is 4.74. The van der Waals surface area contributed by atoms with Crippen molar-refractivity contribution in [3.05, 3.63) is 27.1 Å². The van der Waals surface area contributed by atoms with E-state index in [0.717, 1.165) is 15.4 Å². The third-order valence-corrected chi connectivity index (χ3v) is 4.97. The Labute approximate surface area is 136 Å². The number of benzene rings is 1. The number of para-hydroxylation sites is 1. The van der Waals surface area contributed by atoms with Crippen LogP contribution < -0.4 is 10.1 Å². The van der Waals surface area contributed by atoms with Gasteiger partial charge in [0, 0.05) is 6.04 Å². The van der Waals surface area contributed by atoms with E-state index in [1.165, 1.54) is 19.3 Å². The Balaban J connectivity index is 1.86. The molecule has 0 heterocycles. The fourth-order valence-corrected chi connectivity index (χ4v) is 3.76. The molecule has 0 radical (unpaired) electrons. The molecule has 0 aliphatic heterocycles. The van der Waals surface area contributed by atoms with Gasteiger partial charge in [0.05, 0.1) is 8.95 Å². The number of hydrogen-bond acceptors (Lipinski definition) is 2. The summed E-state index contributed by atoms with van der Waals surface area (Å²) in [6.45, 7) is 2.25. The van der Waals surface area contributed by atoms with Crippen molar-refractivity contribution in [1.29, 1.82) is 0 Å². The summed E-state index contributed by atoms with van der Waals surface area (Å²) < 4.78 is 7.28. The van der Waals surface area contributed by atoms with E-state index in [4.69, 9.17) is 4.74 Å². The highest BCUT2D eigenvalue weighted by atomic mass is 79.9. The molecule has 3 nitrogen and oxygen atoms in total. The van der Waals surface area contributed by atoms with E-state index in [1.807, 2.05) is 18.2 Å². The number of nitrogens with one attached hydrogen (secondary N) is 1. The van der Waals surface area contributed by atoms with Gasteiger partial charge >= 0.3 is 0 Å². The molecule has 1 fully saturated rings. The van der Waals surface area contributed by atoms with Crippen LogP contribution >= 0.6 is 31.9 Å². The molecule has 0 spiro atoms. The molecule has 1 aromatic rings. The number of amides is 1. The second kappa shape index (κ2) is 7.46. The van der Waals surface area contributed by atoms with Gasteiger partial charge in [0.15, 0.2) is 6.61 Å². The second-order valence-electron chi connectivity index (χ2n) is 5.28. The first-order valence-corrected chi connectivity index (χ1v) is 8.52. The number of hydrogen-bond donors (Lipinski definition) is 1. The highest BCUT2D eigenvalue weighted by Crippen LogP contribution is 2.32. The van der Waals surface area contributed by atoms with Crippen LogP contribution in [0.5, 0.6) is 5.75 Å². The molecule has 2 rings (SSSR count). The minimum Gasteiger partial charge on any atom is -0.481 e. The van der Waals surface area contributed by atoms with E-state index >= 15 is 0 Å². The van der Waals surface area contributed by atoms with E-state index < -0.39 is 0 Å². The number of halogens is 2. The molecule has 110 valence electrons. The van der Waals surface area contributed by atoms with Crippen molar-refractivity contribution < 1.29 is 9.53 Å². The lowest BCUT2D eigenvalue weighted by atomic mass is 9.86. The third kappa shape index (κ3) is 4.22. The fraction of sp³-hybridized carbons (Fsp3) is 0.533. The Hall–Kier alpha value is -0.550. The van der Waals surface area contributed by atoms with Gasteiger partial charge < -0.3 is 10.1 Å². The first kappa shape index (κ1) is 15.8. The predicted molar refractivity (Wildman–Crippen MR) is 86.9 cm³/mol. The van der Waals surface area contributed by atoms with Crippen LogP contribution in [0.15, 0.2) is 27.1 Å². The van der Waals surface area contributed by atoms with Gasteiger partial charge in [0.1, 0.15) is 5.75 Å². The lowest BCUT2D eigenvalue weighted by molar-refractivity contribution is -0.124. The van der Waals surface area contributed by atoms with Gasteiger partial charge in [-0.2, -0.15) is 0 Å². The van der Waals surface area contributed by atoms with Crippen LogP contribution in [0.25, 0.3) is 0 Å². The molecule has 0 aromatic heterocycles. The Kier molecular flexibility index (Phi) is 5.90. The van der Waals surface area contributed by atoms with Crippen LogP contribution in [0.3, 0.4) is 0 Å². The molecule has 2 unspecified atom stereocenters. The summed E-state index contributed by atoms with van der Waals surface area (Å²) >= 11 is 6.84. The molecule has 2 atom stereocenters. The first-order valence-electron chi connectivity index (χ1n) is 6.94. The lowest BCUT2D eigenvalue weighted by Gasteiger charge is -2.29. The van der Waals surface area contributed by atoms with Gasteiger partial charge in [-0.05, 0) is 62.8 Å². The van der Waals surface area contributed by atoms with Gasteiger partial charge in [-0.15, -0.1) is 0 Å². The number of carbonyl (C=O) groups excluding carboxylic acids is 1.